The first kappa shape index (κ1) is 20.8. The van der Waals surface area contributed by atoms with Crippen LogP contribution < -0.4 is 5.43 Å². The average Bonchev–Trinajstić information content (AvgIpc) is 3.42. The lowest BCUT2D eigenvalue weighted by Crippen LogP contribution is -2.33. The zero-order chi connectivity index (χ0) is 23.3. The number of carbonyl (C=O) groups excluding carboxylic acids is 2. The van der Waals surface area contributed by atoms with E-state index in [1.807, 2.05) is 6.07 Å². The molecule has 168 valence electrons. The van der Waals surface area contributed by atoms with Crippen LogP contribution in [0.15, 0.2) is 53.6 Å². The quantitative estimate of drug-likeness (QED) is 0.395. The minimum atomic E-state index is -0.877. The molecule has 12 heteroatoms. The van der Waals surface area contributed by atoms with Crippen LogP contribution in [0, 0.1) is 38.0 Å². The molecule has 33 heavy (non-hydrogen) atoms. The summed E-state index contributed by atoms with van der Waals surface area (Å²) in [6.07, 6.45) is -1.06. The number of rotatable bonds is 6. The molecule has 2 saturated heterocycles. The molecule has 1 saturated carbocycles. The fraction of sp³-hybridized carbons (Fsp3) is 0.286. The maximum absolute atomic E-state index is 13.0. The number of ether oxygens (including phenoxy) is 2. The van der Waals surface area contributed by atoms with Crippen LogP contribution in [0.3, 0.4) is 0 Å². The summed E-state index contributed by atoms with van der Waals surface area (Å²) >= 11 is 0. The first-order valence-electron chi connectivity index (χ1n) is 10.0. The SMILES string of the molecule is O=C(N/N=C1/[C@@H]2OC[C@H](O2)[C@@H]2[C@H](C(=O)c3ccccc3)[C@@H]12)c1cc([N+](=O)[O-])cc([N+](=O)[O-])c1. The Bertz CT molecular complexity index is 1180. The van der Waals surface area contributed by atoms with Gasteiger partial charge in [0.2, 0.25) is 0 Å². The van der Waals surface area contributed by atoms with Crippen LogP contribution in [0.4, 0.5) is 11.4 Å². The van der Waals surface area contributed by atoms with Crippen molar-refractivity contribution < 1.29 is 28.9 Å². The van der Waals surface area contributed by atoms with Gasteiger partial charge >= 0.3 is 0 Å². The van der Waals surface area contributed by atoms with Gasteiger partial charge < -0.3 is 9.47 Å². The van der Waals surface area contributed by atoms with Gasteiger partial charge in [0.1, 0.15) is 0 Å². The predicted molar refractivity (Wildman–Crippen MR) is 111 cm³/mol. The number of nitrogens with one attached hydrogen (secondary N) is 1. The van der Waals surface area contributed by atoms with Crippen LogP contribution in [0.25, 0.3) is 0 Å². The molecule has 2 aromatic rings. The summed E-state index contributed by atoms with van der Waals surface area (Å²) in [4.78, 5) is 46.1. The number of Topliss-reactive ketones (excluding diaryl/α,β-unsaturated/α-hetero) is 1. The van der Waals surface area contributed by atoms with Crippen LogP contribution in [0.1, 0.15) is 20.7 Å². The molecule has 5 rings (SSSR count). The topological polar surface area (TPSA) is 163 Å². The summed E-state index contributed by atoms with van der Waals surface area (Å²) in [6, 6.07) is 11.4. The van der Waals surface area contributed by atoms with Gasteiger partial charge in [0.15, 0.2) is 12.1 Å². The Morgan fingerprint density at radius 1 is 1.00 bits per heavy atom. The number of hydrazone groups is 1. The second-order valence-corrected chi connectivity index (χ2v) is 7.93. The molecule has 5 atom stereocenters. The Morgan fingerprint density at radius 3 is 2.30 bits per heavy atom. The van der Waals surface area contributed by atoms with Gasteiger partial charge in [-0.25, -0.2) is 5.43 Å². The number of nitro benzene ring substituents is 2. The maximum Gasteiger partial charge on any atom is 0.277 e. The van der Waals surface area contributed by atoms with Crippen LogP contribution in [0.2, 0.25) is 0 Å². The molecule has 3 aliphatic rings. The fourth-order valence-electron chi connectivity index (χ4n) is 4.49. The van der Waals surface area contributed by atoms with Crippen molar-refractivity contribution in [3.05, 3.63) is 79.9 Å². The van der Waals surface area contributed by atoms with Crippen molar-refractivity contribution in [3.63, 3.8) is 0 Å². The van der Waals surface area contributed by atoms with Gasteiger partial charge in [-0.1, -0.05) is 30.3 Å². The number of benzene rings is 2. The molecule has 1 amide bonds. The Morgan fingerprint density at radius 2 is 1.67 bits per heavy atom. The minimum Gasteiger partial charge on any atom is -0.344 e. The smallest absolute Gasteiger partial charge is 0.277 e. The third-order valence-electron chi connectivity index (χ3n) is 6.03. The van der Waals surface area contributed by atoms with E-state index in [-0.39, 0.29) is 35.2 Å². The zero-order valence-electron chi connectivity index (χ0n) is 16.8. The number of non-ortho nitro benzene ring substituents is 2. The Labute approximate surface area is 185 Å². The van der Waals surface area contributed by atoms with Crippen LogP contribution in [-0.2, 0) is 9.47 Å². The molecular formula is C21H16N4O8. The van der Waals surface area contributed by atoms with Crippen molar-refractivity contribution in [2.24, 2.45) is 22.9 Å². The number of nitrogens with zero attached hydrogens (tertiary/aromatic N) is 3. The van der Waals surface area contributed by atoms with E-state index in [1.165, 1.54) is 0 Å². The van der Waals surface area contributed by atoms with Gasteiger partial charge in [0, 0.05) is 35.4 Å². The van der Waals surface area contributed by atoms with E-state index < -0.39 is 33.4 Å². The van der Waals surface area contributed by atoms with Gasteiger partial charge in [0.05, 0.1) is 39.9 Å². The second-order valence-electron chi connectivity index (χ2n) is 7.93. The summed E-state index contributed by atoms with van der Waals surface area (Å²) < 4.78 is 11.4. The van der Waals surface area contributed by atoms with Gasteiger partial charge in [-0.3, -0.25) is 29.8 Å². The maximum atomic E-state index is 13.0. The number of nitro groups is 2. The summed E-state index contributed by atoms with van der Waals surface area (Å²) in [7, 11) is 0. The first-order valence-corrected chi connectivity index (χ1v) is 10.0. The van der Waals surface area contributed by atoms with Gasteiger partial charge in [0.25, 0.3) is 17.3 Å². The summed E-state index contributed by atoms with van der Waals surface area (Å²) in [5.41, 5.74) is 1.69. The number of amides is 1. The highest BCUT2D eigenvalue weighted by atomic mass is 16.7. The first-order chi connectivity index (χ1) is 15.8. The molecule has 0 spiro atoms. The van der Waals surface area contributed by atoms with E-state index in [1.54, 1.807) is 24.3 Å². The molecule has 1 aliphatic carbocycles. The summed E-state index contributed by atoms with van der Waals surface area (Å²) in [5, 5.41) is 26.2. The van der Waals surface area contributed by atoms with Crippen molar-refractivity contribution in [2.45, 2.75) is 12.4 Å². The predicted octanol–water partition coefficient (Wildman–Crippen LogP) is 2.09. The van der Waals surface area contributed by atoms with E-state index in [0.29, 0.717) is 17.9 Å². The highest BCUT2D eigenvalue weighted by Crippen LogP contribution is 2.57. The molecule has 1 N–H and O–H groups in total. The zero-order valence-corrected chi connectivity index (χ0v) is 16.8. The third-order valence-corrected chi connectivity index (χ3v) is 6.03. The molecule has 3 fully saturated rings. The fourth-order valence-corrected chi connectivity index (χ4v) is 4.49. The van der Waals surface area contributed by atoms with Crippen molar-refractivity contribution in [1.29, 1.82) is 0 Å². The monoisotopic (exact) mass is 452 g/mol. The lowest BCUT2D eigenvalue weighted by Gasteiger charge is -2.18. The number of ketones is 1. The van der Waals surface area contributed by atoms with E-state index in [9.17, 15) is 29.8 Å². The third kappa shape index (κ3) is 3.64. The molecule has 12 nitrogen and oxygen atoms in total. The normalized spacial score (nSPS) is 28.1. The van der Waals surface area contributed by atoms with Gasteiger partial charge in [-0.2, -0.15) is 5.10 Å². The van der Waals surface area contributed by atoms with E-state index in [0.717, 1.165) is 18.2 Å². The molecule has 0 radical (unpaired) electrons. The second kappa shape index (κ2) is 7.83. The molecule has 2 heterocycles. The van der Waals surface area contributed by atoms with Crippen molar-refractivity contribution in [1.82, 2.24) is 5.43 Å². The van der Waals surface area contributed by atoms with Crippen molar-refractivity contribution in [2.75, 3.05) is 6.61 Å². The molecular weight excluding hydrogens is 436 g/mol. The highest BCUT2D eigenvalue weighted by molar-refractivity contribution is 6.07. The number of hydrogen-bond acceptors (Lipinski definition) is 9. The Balaban J connectivity index is 1.39. The van der Waals surface area contributed by atoms with Crippen molar-refractivity contribution in [3.8, 4) is 0 Å². The Hall–Kier alpha value is -4.03. The Kier molecular flexibility index (Phi) is 4.95. The van der Waals surface area contributed by atoms with Gasteiger partial charge in [-0.05, 0) is 0 Å². The largest absolute Gasteiger partial charge is 0.344 e. The van der Waals surface area contributed by atoms with Crippen LogP contribution in [-0.4, -0.2) is 46.2 Å². The molecule has 0 unspecified atom stereocenters. The minimum absolute atomic E-state index is 0.0462. The number of hydrogen-bond donors (Lipinski definition) is 1. The molecule has 2 bridgehead atoms. The highest BCUT2D eigenvalue weighted by Gasteiger charge is 2.67. The number of carbonyl (C=O) groups is 2. The molecule has 2 aromatic carbocycles. The van der Waals surface area contributed by atoms with E-state index >= 15 is 0 Å². The standard InChI is InChI=1S/C21H16N4O8/c26-19(10-4-2-1-3-5-10)17-15-14-9-32-21(33-14)18(16(15)17)22-23-20(27)11-6-12(24(28)29)8-13(7-11)25(30)31/h1-8,14-17,21H,9H2,(H,23,27)/b22-18+/t14-,15-,16-,17-,21+/m0/s1. The molecule has 0 aromatic heterocycles. The lowest BCUT2D eigenvalue weighted by molar-refractivity contribution is -0.394. The number of fused-ring (bicyclic) bond motifs is 4. The van der Waals surface area contributed by atoms with Crippen LogP contribution >= 0.6 is 0 Å². The van der Waals surface area contributed by atoms with E-state index in [2.05, 4.69) is 10.5 Å². The van der Waals surface area contributed by atoms with E-state index in [4.69, 9.17) is 9.47 Å². The van der Waals surface area contributed by atoms with Gasteiger partial charge in [-0.15, -0.1) is 0 Å². The van der Waals surface area contributed by atoms with Crippen molar-refractivity contribution >= 4 is 28.8 Å². The lowest BCUT2D eigenvalue weighted by atomic mass is 10.0. The molecule has 2 aliphatic heterocycles. The average molecular weight is 452 g/mol. The summed E-state index contributed by atoms with van der Waals surface area (Å²) in [6.45, 7) is 0.300. The summed E-state index contributed by atoms with van der Waals surface area (Å²) in [5.74, 6) is -1.69. The van der Waals surface area contributed by atoms with Crippen LogP contribution in [0.5, 0.6) is 0 Å².